The average Bonchev–Trinajstić information content (AvgIpc) is 2.60. The van der Waals surface area contributed by atoms with E-state index in [2.05, 4.69) is 27.9 Å². The maximum Gasteiger partial charge on any atom is 0.169 e. The first kappa shape index (κ1) is 12.1. The topological polar surface area (TPSA) is 42.4 Å². The van der Waals surface area contributed by atoms with Crippen LogP contribution in [0.1, 0.15) is 31.1 Å². The monoisotopic (exact) mass is 286 g/mol. The summed E-state index contributed by atoms with van der Waals surface area (Å²) in [5.74, 6) is 1.81. The molecule has 16 heavy (non-hydrogen) atoms. The van der Waals surface area contributed by atoms with Crippen molar-refractivity contribution in [2.24, 2.45) is 11.7 Å². The van der Waals surface area contributed by atoms with Crippen LogP contribution >= 0.6 is 15.9 Å². The van der Waals surface area contributed by atoms with Crippen LogP contribution in [0.3, 0.4) is 0 Å². The molecule has 1 atom stereocenters. The molecule has 1 aromatic heterocycles. The molecule has 1 saturated carbocycles. The molecule has 3 nitrogen and oxygen atoms in total. The molecule has 1 aromatic rings. The molecule has 0 radical (unpaired) electrons. The first-order chi connectivity index (χ1) is 7.70. The van der Waals surface area contributed by atoms with Crippen molar-refractivity contribution in [1.82, 2.24) is 4.90 Å². The van der Waals surface area contributed by atoms with Crippen LogP contribution in [0, 0.1) is 5.92 Å². The van der Waals surface area contributed by atoms with Gasteiger partial charge in [0.15, 0.2) is 4.67 Å². The van der Waals surface area contributed by atoms with Gasteiger partial charge in [0, 0.05) is 13.1 Å². The van der Waals surface area contributed by atoms with E-state index in [1.807, 2.05) is 12.1 Å². The van der Waals surface area contributed by atoms with Gasteiger partial charge in [-0.2, -0.15) is 0 Å². The minimum absolute atomic E-state index is 0.201. The summed E-state index contributed by atoms with van der Waals surface area (Å²) >= 11 is 3.33. The van der Waals surface area contributed by atoms with Gasteiger partial charge in [0.05, 0.1) is 6.04 Å². The molecule has 2 N–H and O–H groups in total. The van der Waals surface area contributed by atoms with Crippen molar-refractivity contribution in [1.29, 1.82) is 0 Å². The number of halogens is 1. The minimum atomic E-state index is 0.201. The van der Waals surface area contributed by atoms with Crippen LogP contribution in [-0.2, 0) is 0 Å². The molecule has 0 saturated heterocycles. The van der Waals surface area contributed by atoms with Gasteiger partial charge in [-0.15, -0.1) is 0 Å². The predicted molar refractivity (Wildman–Crippen MR) is 68.2 cm³/mol. The maximum absolute atomic E-state index is 5.83. The Morgan fingerprint density at radius 3 is 2.75 bits per heavy atom. The highest BCUT2D eigenvalue weighted by atomic mass is 79.9. The van der Waals surface area contributed by atoms with E-state index < -0.39 is 0 Å². The first-order valence-corrected chi connectivity index (χ1v) is 6.65. The van der Waals surface area contributed by atoms with Gasteiger partial charge in [-0.1, -0.05) is 6.42 Å². The van der Waals surface area contributed by atoms with Crippen molar-refractivity contribution >= 4 is 15.9 Å². The van der Waals surface area contributed by atoms with Gasteiger partial charge < -0.3 is 10.2 Å². The Morgan fingerprint density at radius 1 is 1.56 bits per heavy atom. The Bertz CT molecular complexity index is 336. The van der Waals surface area contributed by atoms with Crippen LogP contribution < -0.4 is 5.73 Å². The smallest absolute Gasteiger partial charge is 0.169 e. The fourth-order valence-electron chi connectivity index (χ4n) is 2.23. The molecular weight excluding hydrogens is 268 g/mol. The largest absolute Gasteiger partial charge is 0.453 e. The van der Waals surface area contributed by atoms with Gasteiger partial charge in [-0.3, -0.25) is 4.90 Å². The summed E-state index contributed by atoms with van der Waals surface area (Å²) in [5.41, 5.74) is 5.83. The molecule has 2 rings (SSSR count). The third-order valence-electron chi connectivity index (χ3n) is 3.45. The fourth-order valence-corrected chi connectivity index (χ4v) is 2.55. The Kier molecular flexibility index (Phi) is 4.05. The summed E-state index contributed by atoms with van der Waals surface area (Å²) < 4.78 is 6.36. The second kappa shape index (κ2) is 5.34. The molecule has 0 amide bonds. The Labute approximate surface area is 105 Å². The van der Waals surface area contributed by atoms with Crippen molar-refractivity contribution in [3.63, 3.8) is 0 Å². The standard InChI is InChI=1S/C12H19BrN2O/c1-15(8-9-3-2-4-9)10(7-14)11-5-6-12(13)16-11/h5-6,9-10H,2-4,7-8,14H2,1H3. The van der Waals surface area contributed by atoms with Crippen LogP contribution in [0.4, 0.5) is 0 Å². The Balaban J connectivity index is 1.97. The number of nitrogens with two attached hydrogens (primary N) is 1. The lowest BCUT2D eigenvalue weighted by atomic mass is 9.85. The molecule has 1 aliphatic carbocycles. The summed E-state index contributed by atoms with van der Waals surface area (Å²) in [6, 6.07) is 4.13. The van der Waals surface area contributed by atoms with Gasteiger partial charge >= 0.3 is 0 Å². The second-order valence-corrected chi connectivity index (χ2v) is 5.41. The zero-order valence-corrected chi connectivity index (χ0v) is 11.2. The van der Waals surface area contributed by atoms with Crippen molar-refractivity contribution < 1.29 is 4.42 Å². The van der Waals surface area contributed by atoms with Crippen LogP contribution in [-0.4, -0.2) is 25.0 Å². The summed E-state index contributed by atoms with van der Waals surface area (Å²) in [6.07, 6.45) is 4.12. The molecule has 0 spiro atoms. The van der Waals surface area contributed by atoms with Crippen molar-refractivity contribution in [3.05, 3.63) is 22.6 Å². The molecule has 0 aromatic carbocycles. The predicted octanol–water partition coefficient (Wildman–Crippen LogP) is 2.77. The number of hydrogen-bond donors (Lipinski definition) is 1. The zero-order valence-electron chi connectivity index (χ0n) is 9.66. The summed E-state index contributed by atoms with van der Waals surface area (Å²) in [6.45, 7) is 1.73. The normalized spacial score (nSPS) is 18.8. The molecule has 1 heterocycles. The van der Waals surface area contributed by atoms with Crippen LogP contribution in [0.2, 0.25) is 0 Å². The van der Waals surface area contributed by atoms with E-state index in [1.165, 1.54) is 19.3 Å². The molecular formula is C12H19BrN2O. The number of likely N-dealkylation sites (N-methyl/N-ethyl adjacent to an activating group) is 1. The lowest BCUT2D eigenvalue weighted by Gasteiger charge is -2.33. The number of hydrogen-bond acceptors (Lipinski definition) is 3. The van der Waals surface area contributed by atoms with E-state index in [4.69, 9.17) is 10.2 Å². The lowest BCUT2D eigenvalue weighted by molar-refractivity contribution is 0.151. The molecule has 90 valence electrons. The number of rotatable bonds is 5. The summed E-state index contributed by atoms with van der Waals surface area (Å²) in [5, 5.41) is 0. The highest BCUT2D eigenvalue weighted by Gasteiger charge is 2.24. The summed E-state index contributed by atoms with van der Waals surface area (Å²) in [7, 11) is 2.13. The second-order valence-electron chi connectivity index (χ2n) is 4.63. The van der Waals surface area contributed by atoms with Crippen LogP contribution in [0.15, 0.2) is 21.2 Å². The summed E-state index contributed by atoms with van der Waals surface area (Å²) in [4.78, 5) is 2.31. The molecule has 4 heteroatoms. The van der Waals surface area contributed by atoms with E-state index >= 15 is 0 Å². The molecule has 1 unspecified atom stereocenters. The third-order valence-corrected chi connectivity index (χ3v) is 3.87. The zero-order chi connectivity index (χ0) is 11.5. The fraction of sp³-hybridized carbons (Fsp3) is 0.667. The van der Waals surface area contributed by atoms with E-state index in [1.54, 1.807) is 0 Å². The Hall–Kier alpha value is -0.320. The highest BCUT2D eigenvalue weighted by molar-refractivity contribution is 9.10. The Morgan fingerprint density at radius 2 is 2.31 bits per heavy atom. The van der Waals surface area contributed by atoms with E-state index in [-0.39, 0.29) is 6.04 Å². The van der Waals surface area contributed by atoms with Crippen LogP contribution in [0.25, 0.3) is 0 Å². The van der Waals surface area contributed by atoms with Crippen molar-refractivity contribution in [3.8, 4) is 0 Å². The van der Waals surface area contributed by atoms with Crippen molar-refractivity contribution in [2.45, 2.75) is 25.3 Å². The van der Waals surface area contributed by atoms with E-state index in [9.17, 15) is 0 Å². The van der Waals surface area contributed by atoms with Gasteiger partial charge in [0.25, 0.3) is 0 Å². The van der Waals surface area contributed by atoms with Gasteiger partial charge in [-0.05, 0) is 53.9 Å². The van der Waals surface area contributed by atoms with E-state index in [0.29, 0.717) is 6.54 Å². The highest BCUT2D eigenvalue weighted by Crippen LogP contribution is 2.30. The average molecular weight is 287 g/mol. The third kappa shape index (κ3) is 2.67. The SMILES string of the molecule is CN(CC1CCC1)C(CN)c1ccc(Br)o1. The first-order valence-electron chi connectivity index (χ1n) is 5.86. The molecule has 0 bridgehead atoms. The van der Waals surface area contributed by atoms with Gasteiger partial charge in [-0.25, -0.2) is 0 Å². The quantitative estimate of drug-likeness (QED) is 0.905. The number of furan rings is 1. The maximum atomic E-state index is 5.83. The molecule has 1 fully saturated rings. The van der Waals surface area contributed by atoms with Gasteiger partial charge in [0.1, 0.15) is 5.76 Å². The van der Waals surface area contributed by atoms with Gasteiger partial charge in [0.2, 0.25) is 0 Å². The minimum Gasteiger partial charge on any atom is -0.453 e. The number of nitrogens with zero attached hydrogens (tertiary/aromatic N) is 1. The lowest BCUT2D eigenvalue weighted by Crippen LogP contribution is -2.35. The van der Waals surface area contributed by atoms with Crippen LogP contribution in [0.5, 0.6) is 0 Å². The van der Waals surface area contributed by atoms with E-state index in [0.717, 1.165) is 22.9 Å². The van der Waals surface area contributed by atoms with Crippen molar-refractivity contribution in [2.75, 3.05) is 20.1 Å². The molecule has 0 aliphatic heterocycles. The molecule has 1 aliphatic rings.